The molecule has 0 spiro atoms. The van der Waals surface area contributed by atoms with E-state index in [0.29, 0.717) is 91.0 Å². The molecule has 7 aromatic rings. The molecule has 1 saturated heterocycles. The number of carboxylic acid groups (broad SMARTS) is 1. The summed E-state index contributed by atoms with van der Waals surface area (Å²) in [7, 11) is -14.3. The number of Topliss-reactive ketones (excluding diaryl/α,β-unsaturated/α-hetero) is 2. The van der Waals surface area contributed by atoms with Gasteiger partial charge in [0.05, 0.1) is 98.8 Å². The maximum Gasteiger partial charge on any atom is 1.00 e. The molecule has 4 aliphatic heterocycles. The molecule has 0 atom stereocenters. The number of ether oxygens (including phenoxy) is 5. The first-order chi connectivity index (χ1) is 63.9. The number of aryl methyl sites for hydroxylation is 4. The number of imidazole rings is 1. The number of nitrogens with zero attached hydrogens (tertiary/aromatic N) is 7. The van der Waals surface area contributed by atoms with Gasteiger partial charge in [0.1, 0.15) is 41.4 Å². The summed E-state index contributed by atoms with van der Waals surface area (Å²) in [6.07, 6.45) is 19.8. The van der Waals surface area contributed by atoms with Crippen molar-refractivity contribution in [1.82, 2.24) is 9.47 Å². The fourth-order valence-corrected chi connectivity index (χ4v) is 20.3. The zero-order chi connectivity index (χ0) is 101. The monoisotopic (exact) mass is 2070 g/mol. The summed E-state index contributed by atoms with van der Waals surface area (Å²) in [5, 5.41) is 11.7. The quantitative estimate of drug-likeness (QED) is 0.00450. The number of carbonyl (C=O) groups is 5. The van der Waals surface area contributed by atoms with Crippen LogP contribution in [0.2, 0.25) is 20.1 Å². The van der Waals surface area contributed by atoms with Gasteiger partial charge in [-0.3, -0.25) is 31.2 Å². The number of sulfone groups is 2. The van der Waals surface area contributed by atoms with Gasteiger partial charge in [0.25, 0.3) is 5.82 Å². The fourth-order valence-electron chi connectivity index (χ4n) is 16.8. The van der Waals surface area contributed by atoms with Crippen molar-refractivity contribution in [2.75, 3.05) is 108 Å². The van der Waals surface area contributed by atoms with E-state index in [0.717, 1.165) is 138 Å². The van der Waals surface area contributed by atoms with Crippen LogP contribution in [0.1, 0.15) is 171 Å². The second-order valence-electron chi connectivity index (χ2n) is 33.4. The second kappa shape index (κ2) is 48.6. The Kier molecular flexibility index (Phi) is 40.3. The van der Waals surface area contributed by atoms with Crippen LogP contribution in [0.4, 0.5) is 49.1 Å². The molecule has 0 unspecified atom stereocenters. The van der Waals surface area contributed by atoms with E-state index in [1.807, 2.05) is 81.5 Å². The van der Waals surface area contributed by atoms with Crippen molar-refractivity contribution in [3.63, 3.8) is 0 Å². The number of carboxylic acids is 1. The molecule has 6 aromatic carbocycles. The van der Waals surface area contributed by atoms with Gasteiger partial charge in [-0.15, -0.1) is 0 Å². The Morgan fingerprint density at radius 1 is 0.650 bits per heavy atom. The van der Waals surface area contributed by atoms with Gasteiger partial charge >= 0.3 is 86.5 Å². The number of anilines is 3. The van der Waals surface area contributed by atoms with Crippen molar-refractivity contribution < 1.29 is 179 Å². The van der Waals surface area contributed by atoms with Crippen LogP contribution in [-0.2, 0) is 109 Å². The molecule has 1 N–H and O–H groups in total. The van der Waals surface area contributed by atoms with E-state index in [4.69, 9.17) is 79.7 Å². The van der Waals surface area contributed by atoms with Gasteiger partial charge < -0.3 is 52.9 Å². The smallest absolute Gasteiger partial charge is 0.744 e. The zero-order valence-electron chi connectivity index (χ0n) is 78.2. The van der Waals surface area contributed by atoms with Crippen molar-refractivity contribution in [3.05, 3.63) is 242 Å². The van der Waals surface area contributed by atoms with E-state index < -0.39 is 68.5 Å². The molecule has 734 valence electrons. The molecule has 5 heterocycles. The van der Waals surface area contributed by atoms with Gasteiger partial charge in [-0.1, -0.05) is 119 Å². The Hall–Kier alpha value is -8.70. The molecule has 0 radical (unpaired) electrons. The van der Waals surface area contributed by atoms with E-state index in [1.165, 1.54) is 59.3 Å². The van der Waals surface area contributed by atoms with E-state index in [2.05, 4.69) is 110 Å². The zero-order valence-corrected chi connectivity index (χ0v) is 86.8. The van der Waals surface area contributed by atoms with Crippen LogP contribution in [0.15, 0.2) is 167 Å². The van der Waals surface area contributed by atoms with Crippen LogP contribution in [0.5, 0.6) is 0 Å². The number of benzene rings is 6. The molecule has 27 nitrogen and oxygen atoms in total. The Bertz CT molecular complexity index is 6320. The molecule has 137 heavy (non-hydrogen) atoms. The number of fused-ring (bicyclic) bond motifs is 4. The number of rotatable bonds is 34. The van der Waals surface area contributed by atoms with Crippen LogP contribution < -0.4 is 70.7 Å². The maximum atomic E-state index is 13.1. The molecule has 1 fully saturated rings. The molecule has 5 aliphatic rings. The predicted molar refractivity (Wildman–Crippen MR) is 505 cm³/mol. The topological polar surface area (TPSA) is 336 Å². The Morgan fingerprint density at radius 2 is 1.25 bits per heavy atom. The van der Waals surface area contributed by atoms with Gasteiger partial charge in [0.15, 0.2) is 29.1 Å². The number of hydrogen-bond donors (Lipinski definition) is 1. The predicted octanol–water partition coefficient (Wildman–Crippen LogP) is 15.2. The van der Waals surface area contributed by atoms with Crippen molar-refractivity contribution in [2.24, 2.45) is 0 Å². The number of aromatic nitrogens is 2. The summed E-state index contributed by atoms with van der Waals surface area (Å²) in [6, 6.07) is 28.4. The summed E-state index contributed by atoms with van der Waals surface area (Å²) >= 11 is 25.9. The Morgan fingerprint density at radius 3 is 1.83 bits per heavy atom. The molecule has 0 amide bonds. The number of esters is 2. The van der Waals surface area contributed by atoms with Crippen molar-refractivity contribution in [1.29, 1.82) is 0 Å². The summed E-state index contributed by atoms with van der Waals surface area (Å²) in [5.41, 5.74) is 4.15. The average molecular weight is 2070 g/mol. The average Bonchev–Trinajstić information content (AvgIpc) is 1.74. The van der Waals surface area contributed by atoms with E-state index >= 15 is 0 Å². The van der Waals surface area contributed by atoms with Gasteiger partial charge in [0, 0.05) is 143 Å². The number of aromatic carboxylic acids is 1. The van der Waals surface area contributed by atoms with Crippen LogP contribution in [0, 0.1) is 18.4 Å². The largest absolute Gasteiger partial charge is 1.00 e. The van der Waals surface area contributed by atoms with Gasteiger partial charge in [-0.25, -0.2) is 27.1 Å². The third kappa shape index (κ3) is 27.0. The van der Waals surface area contributed by atoms with Crippen LogP contribution in [0.3, 0.4) is 0 Å². The molecule has 0 saturated carbocycles. The van der Waals surface area contributed by atoms with Gasteiger partial charge in [0.2, 0.25) is 5.69 Å². The van der Waals surface area contributed by atoms with Crippen molar-refractivity contribution in [2.45, 2.75) is 167 Å². The number of allylic oxidation sites excluding steroid dienone is 9. The summed E-state index contributed by atoms with van der Waals surface area (Å²) < 4.78 is 181. The third-order valence-corrected chi connectivity index (χ3v) is 29.8. The fraction of sp³-hybridized carbons (Fsp3) is 0.406. The van der Waals surface area contributed by atoms with Crippen LogP contribution in [-0.4, -0.2) is 194 Å². The minimum Gasteiger partial charge on any atom is -0.744 e. The normalized spacial score (nSPS) is 16.1. The second-order valence-corrected chi connectivity index (χ2v) is 40.8. The number of alkyl halides is 6. The molecule has 1 aliphatic carbocycles. The first-order valence-corrected chi connectivity index (χ1v) is 49.1. The van der Waals surface area contributed by atoms with E-state index in [9.17, 15) is 85.2 Å². The molecular weight excluding hydrogens is 1960 g/mol. The van der Waals surface area contributed by atoms with Crippen molar-refractivity contribution >= 4 is 157 Å². The molecule has 0 bridgehead atoms. The molecule has 12 rings (SSSR count). The maximum absolute atomic E-state index is 13.1. The molecule has 41 heteroatoms. The standard InChI is InChI=1S/C49H57N3O10S.C42H47Cl4N4O4.C4H3F6O4S2.CO2.K/c1-31-10-16-41-39(26-31)48(3,4)43(51(41)18-8-22-60-7)28-33-11-12-34(45(33)50-20-24-61-25-21-50)29-44-49(5,6)40-30-36(63(57,58)59)14-17-42(40)52(44)19-9-23-62-47(56)35-13-15-37(32(2)53)38(27-35)46(54)55;1-6-47-36-24-32(43)34(45)26-38(36)49(17-11-19-53-5)40(47)13-9-8-10-14-41-48(7-2)37-25-33(44)35(46)27-39(37)50(41)18-12-20-54-42(52)23-30-16-15-28(3)31(22-30)21-29(4)51;1-2(15(11,12)3(5,6)7)16(13,14)4(8,9)10;2-1-3;/h10,13-17,26-30H,8-9,11-12,18-25H2,1-7H3,(H-,54,55,57,58,59);8-10,13-16,22,24-27H,6-7,11-12,17-21,23H2,1-5H3;1H3;;/q;+1;-1;;+1. The number of hydrogen-bond acceptors (Lipinski definition) is 23. The number of methoxy groups -OCH3 is 2. The Balaban J connectivity index is 0.000000283. The Labute approximate surface area is 855 Å². The SMILES string of the molecule is CCN1C(=CC=CC=Cc2n(CC)c3cc(Cl)c(Cl)cc3[n+]2CCCOC(=O)Cc2ccc(C)c(CC(C)=O)c2)N(CCCOC)c2cc(Cl)c(Cl)cc21.COCCCN1C(=CC2=C(N3CCOCC3)C(=CC3=[N+](CCCOC(=O)c4ccc(C(C)=O)c(C(=O)O)c4)c4ccc(S(=O)(=O)[O-])cc4C3(C)C)CC2)C(C)(C)c2cc(C)ccc21.C[C-](S(=O)(=O)C(F)(F)F)S(=O)(=O)C(F)(F)F.O=C=O.[K+]. The first kappa shape index (κ1) is 114. The minimum absolute atomic E-state index is 0. The van der Waals surface area contributed by atoms with Crippen LogP contribution in [0.25, 0.3) is 17.1 Å². The summed E-state index contributed by atoms with van der Waals surface area (Å²) in [5.74, 6) is -0.708. The van der Waals surface area contributed by atoms with Gasteiger partial charge in [-0.05, 0) is 175 Å². The van der Waals surface area contributed by atoms with Crippen LogP contribution >= 0.6 is 46.4 Å². The first-order valence-electron chi connectivity index (χ1n) is 43.2. The summed E-state index contributed by atoms with van der Waals surface area (Å²) in [4.78, 5) is 86.7. The molecular formula is C96H107Cl4F6KN7O20S3+. The third-order valence-electron chi connectivity index (χ3n) is 23.5. The summed E-state index contributed by atoms with van der Waals surface area (Å²) in [6.45, 7) is 27.7. The number of halogens is 10. The number of carbonyl (C=O) groups excluding carboxylic acids is 6. The number of ketones is 2. The van der Waals surface area contributed by atoms with E-state index in [-0.39, 0.29) is 123 Å². The number of morpholine rings is 1. The minimum atomic E-state index is -6.51. The van der Waals surface area contributed by atoms with E-state index in [1.54, 1.807) is 27.2 Å². The van der Waals surface area contributed by atoms with Gasteiger partial charge in [-0.2, -0.15) is 47.4 Å². The van der Waals surface area contributed by atoms with Crippen molar-refractivity contribution in [3.8, 4) is 0 Å². The molecule has 1 aromatic heterocycles.